The lowest BCUT2D eigenvalue weighted by molar-refractivity contribution is -0.119. The number of ether oxygens (including phenoxy) is 1. The molecule has 32 heavy (non-hydrogen) atoms. The molecule has 162 valence electrons. The Labute approximate surface area is 190 Å². The van der Waals surface area contributed by atoms with Crippen molar-refractivity contribution in [1.29, 1.82) is 0 Å². The third-order valence-corrected chi connectivity index (χ3v) is 5.90. The van der Waals surface area contributed by atoms with E-state index in [0.717, 1.165) is 16.8 Å². The van der Waals surface area contributed by atoms with E-state index in [1.54, 1.807) is 11.8 Å². The van der Waals surface area contributed by atoms with E-state index in [4.69, 9.17) is 4.74 Å². The third-order valence-electron chi connectivity index (χ3n) is 4.98. The Hall–Kier alpha value is -3.65. The molecule has 0 unspecified atom stereocenters. The Morgan fingerprint density at radius 1 is 1.00 bits per heavy atom. The number of nitrogens with zero attached hydrogens (tertiary/aromatic N) is 4. The van der Waals surface area contributed by atoms with Crippen molar-refractivity contribution in [3.63, 3.8) is 0 Å². The van der Waals surface area contributed by atoms with Gasteiger partial charge >= 0.3 is 0 Å². The van der Waals surface area contributed by atoms with Gasteiger partial charge in [-0.25, -0.2) is 0 Å². The van der Waals surface area contributed by atoms with E-state index < -0.39 is 0 Å². The predicted octanol–water partition coefficient (Wildman–Crippen LogP) is 4.31. The molecule has 7 nitrogen and oxygen atoms in total. The molecule has 0 aliphatic carbocycles. The average Bonchev–Trinajstić information content (AvgIpc) is 3.32. The van der Waals surface area contributed by atoms with Gasteiger partial charge in [-0.1, -0.05) is 78.5 Å². The van der Waals surface area contributed by atoms with Gasteiger partial charge in [0.05, 0.1) is 18.9 Å². The van der Waals surface area contributed by atoms with E-state index in [9.17, 15) is 4.79 Å². The Morgan fingerprint density at radius 3 is 2.44 bits per heavy atom. The standard InChI is InChI=1S/C24H23N5O2S/c1-17(18-12-14-20(15-13-18)19-8-4-3-5-9-19)25-23(30)16-32-24-26-27-28-29(24)21-10-6-7-11-22(21)31-2/h3-15,17H,16H2,1-2H3,(H,25,30)/t17-/m1/s1. The van der Waals surface area contributed by atoms with E-state index >= 15 is 0 Å². The lowest BCUT2D eigenvalue weighted by Crippen LogP contribution is -2.28. The quantitative estimate of drug-likeness (QED) is 0.407. The molecule has 0 spiro atoms. The lowest BCUT2D eigenvalue weighted by Gasteiger charge is -2.15. The number of tetrazole rings is 1. The second kappa shape index (κ2) is 10.1. The van der Waals surface area contributed by atoms with Gasteiger partial charge in [0.25, 0.3) is 0 Å². The van der Waals surface area contributed by atoms with E-state index in [0.29, 0.717) is 10.9 Å². The number of rotatable bonds is 8. The van der Waals surface area contributed by atoms with Crippen LogP contribution in [-0.4, -0.2) is 39.0 Å². The molecule has 4 rings (SSSR count). The summed E-state index contributed by atoms with van der Waals surface area (Å²) in [6.45, 7) is 1.97. The molecule has 4 aromatic rings. The van der Waals surface area contributed by atoms with Gasteiger partial charge in [0, 0.05) is 0 Å². The first-order valence-corrected chi connectivity index (χ1v) is 11.1. The highest BCUT2D eigenvalue weighted by molar-refractivity contribution is 7.99. The predicted molar refractivity (Wildman–Crippen MR) is 125 cm³/mol. The number of hydrogen-bond acceptors (Lipinski definition) is 6. The van der Waals surface area contributed by atoms with Gasteiger partial charge in [-0.15, -0.1) is 5.10 Å². The maximum atomic E-state index is 12.5. The Morgan fingerprint density at radius 2 is 1.69 bits per heavy atom. The van der Waals surface area contributed by atoms with Crippen LogP contribution in [-0.2, 0) is 4.79 Å². The molecule has 0 aliphatic heterocycles. The van der Waals surface area contributed by atoms with Crippen LogP contribution in [0.4, 0.5) is 0 Å². The highest BCUT2D eigenvalue weighted by Gasteiger charge is 2.16. The number of thioether (sulfide) groups is 1. The van der Waals surface area contributed by atoms with Crippen LogP contribution in [0.25, 0.3) is 16.8 Å². The first-order chi connectivity index (χ1) is 15.7. The van der Waals surface area contributed by atoms with E-state index in [1.807, 2.05) is 61.5 Å². The molecule has 1 atom stereocenters. The number of para-hydroxylation sites is 2. The number of methoxy groups -OCH3 is 1. The molecule has 0 fully saturated rings. The summed E-state index contributed by atoms with van der Waals surface area (Å²) < 4.78 is 6.95. The largest absolute Gasteiger partial charge is 0.494 e. The van der Waals surface area contributed by atoms with Crippen molar-refractivity contribution in [3.8, 4) is 22.6 Å². The van der Waals surface area contributed by atoms with E-state index in [1.165, 1.54) is 17.3 Å². The normalized spacial score (nSPS) is 11.7. The van der Waals surface area contributed by atoms with Gasteiger partial charge in [0.15, 0.2) is 0 Å². The van der Waals surface area contributed by atoms with Gasteiger partial charge in [-0.3, -0.25) is 4.79 Å². The molecule has 8 heteroatoms. The summed E-state index contributed by atoms with van der Waals surface area (Å²) in [5.41, 5.74) is 4.07. The minimum Gasteiger partial charge on any atom is -0.494 e. The fraction of sp³-hybridized carbons (Fsp3) is 0.167. The maximum Gasteiger partial charge on any atom is 0.230 e. The number of carbonyl (C=O) groups is 1. The van der Waals surface area contributed by atoms with Crippen molar-refractivity contribution in [3.05, 3.63) is 84.4 Å². The van der Waals surface area contributed by atoms with Gasteiger partial charge in [0.1, 0.15) is 11.4 Å². The van der Waals surface area contributed by atoms with Crippen molar-refractivity contribution < 1.29 is 9.53 Å². The van der Waals surface area contributed by atoms with Gasteiger partial charge in [-0.05, 0) is 46.2 Å². The van der Waals surface area contributed by atoms with Crippen LogP contribution in [0, 0.1) is 0 Å². The van der Waals surface area contributed by atoms with Crippen LogP contribution in [0.1, 0.15) is 18.5 Å². The van der Waals surface area contributed by atoms with E-state index in [2.05, 4.69) is 45.1 Å². The van der Waals surface area contributed by atoms with Crippen LogP contribution in [0.3, 0.4) is 0 Å². The number of amides is 1. The number of nitrogens with one attached hydrogen (secondary N) is 1. The lowest BCUT2D eigenvalue weighted by atomic mass is 10.0. The van der Waals surface area contributed by atoms with Crippen molar-refractivity contribution >= 4 is 17.7 Å². The van der Waals surface area contributed by atoms with E-state index in [-0.39, 0.29) is 17.7 Å². The van der Waals surface area contributed by atoms with Gasteiger partial charge < -0.3 is 10.1 Å². The number of hydrogen-bond donors (Lipinski definition) is 1. The number of benzene rings is 3. The zero-order chi connectivity index (χ0) is 22.3. The average molecular weight is 446 g/mol. The molecule has 0 bridgehead atoms. The molecule has 1 N–H and O–H groups in total. The second-order valence-electron chi connectivity index (χ2n) is 7.11. The molecular formula is C24H23N5O2S. The molecule has 1 amide bonds. The summed E-state index contributed by atoms with van der Waals surface area (Å²) in [6.07, 6.45) is 0. The Kier molecular flexibility index (Phi) is 6.81. The summed E-state index contributed by atoms with van der Waals surface area (Å²) in [7, 11) is 1.59. The van der Waals surface area contributed by atoms with Crippen LogP contribution in [0.2, 0.25) is 0 Å². The molecule has 0 saturated heterocycles. The zero-order valence-electron chi connectivity index (χ0n) is 17.8. The minimum absolute atomic E-state index is 0.0933. The van der Waals surface area contributed by atoms with Crippen LogP contribution in [0.15, 0.2) is 84.0 Å². The second-order valence-corrected chi connectivity index (χ2v) is 8.05. The molecule has 1 heterocycles. The first-order valence-electron chi connectivity index (χ1n) is 10.1. The fourth-order valence-electron chi connectivity index (χ4n) is 3.32. The molecule has 0 radical (unpaired) electrons. The van der Waals surface area contributed by atoms with Crippen LogP contribution >= 0.6 is 11.8 Å². The minimum atomic E-state index is -0.113. The third kappa shape index (κ3) is 4.97. The number of carbonyl (C=O) groups excluding carboxylic acids is 1. The Bertz CT molecular complexity index is 1180. The monoisotopic (exact) mass is 445 g/mol. The van der Waals surface area contributed by atoms with Crippen LogP contribution < -0.4 is 10.1 Å². The van der Waals surface area contributed by atoms with Crippen molar-refractivity contribution in [2.75, 3.05) is 12.9 Å². The van der Waals surface area contributed by atoms with Crippen LogP contribution in [0.5, 0.6) is 5.75 Å². The summed E-state index contributed by atoms with van der Waals surface area (Å²) in [5, 5.41) is 15.4. The summed E-state index contributed by atoms with van der Waals surface area (Å²) in [6, 6.07) is 25.8. The maximum absolute atomic E-state index is 12.5. The summed E-state index contributed by atoms with van der Waals surface area (Å²) in [4.78, 5) is 12.5. The van der Waals surface area contributed by atoms with Gasteiger partial charge in [-0.2, -0.15) is 4.68 Å². The number of aromatic nitrogens is 4. The zero-order valence-corrected chi connectivity index (χ0v) is 18.6. The topological polar surface area (TPSA) is 81.9 Å². The smallest absolute Gasteiger partial charge is 0.230 e. The molecule has 1 aromatic heterocycles. The summed E-state index contributed by atoms with van der Waals surface area (Å²) in [5.74, 6) is 0.755. The first kappa shape index (κ1) is 21.6. The molecular weight excluding hydrogens is 422 g/mol. The summed E-state index contributed by atoms with van der Waals surface area (Å²) >= 11 is 1.27. The van der Waals surface area contributed by atoms with Crippen molar-refractivity contribution in [1.82, 2.24) is 25.5 Å². The molecule has 0 aliphatic rings. The van der Waals surface area contributed by atoms with Crippen molar-refractivity contribution in [2.45, 2.75) is 18.1 Å². The Balaban J connectivity index is 1.36. The highest BCUT2D eigenvalue weighted by Crippen LogP contribution is 2.26. The highest BCUT2D eigenvalue weighted by atomic mass is 32.2. The van der Waals surface area contributed by atoms with Crippen molar-refractivity contribution in [2.24, 2.45) is 0 Å². The molecule has 3 aromatic carbocycles. The van der Waals surface area contributed by atoms with Gasteiger partial charge in [0.2, 0.25) is 11.1 Å². The fourth-order valence-corrected chi connectivity index (χ4v) is 4.01. The SMILES string of the molecule is COc1ccccc1-n1nnnc1SCC(=O)N[C@H](C)c1ccc(-c2ccccc2)cc1. The molecule has 0 saturated carbocycles.